The van der Waals surface area contributed by atoms with Crippen LogP contribution in [0.2, 0.25) is 0 Å². The van der Waals surface area contributed by atoms with Crippen LogP contribution in [0.15, 0.2) is 0 Å². The van der Waals surface area contributed by atoms with Gasteiger partial charge in [0.1, 0.15) is 0 Å². The third kappa shape index (κ3) is 2.94. The highest BCUT2D eigenvalue weighted by molar-refractivity contribution is 4.88. The van der Waals surface area contributed by atoms with Gasteiger partial charge in [-0.15, -0.1) is 0 Å². The Morgan fingerprint density at radius 1 is 1.13 bits per heavy atom. The summed E-state index contributed by atoms with van der Waals surface area (Å²) in [6.45, 7) is 8.47. The van der Waals surface area contributed by atoms with Gasteiger partial charge in [0.2, 0.25) is 0 Å². The molecule has 0 aliphatic carbocycles. The van der Waals surface area contributed by atoms with Gasteiger partial charge in [-0.3, -0.25) is 0 Å². The summed E-state index contributed by atoms with van der Waals surface area (Å²) in [5.74, 6) is 0.918. The lowest BCUT2D eigenvalue weighted by Crippen LogP contribution is -2.51. The smallest absolute Gasteiger partial charge is 0.0136 e. The molecule has 2 aliphatic heterocycles. The molecule has 0 spiro atoms. The minimum absolute atomic E-state index is 0.643. The molecule has 0 radical (unpaired) electrons. The molecule has 0 unspecified atom stereocenters. The van der Waals surface area contributed by atoms with E-state index >= 15 is 0 Å². The quantitative estimate of drug-likeness (QED) is 0.768. The van der Waals surface area contributed by atoms with Gasteiger partial charge in [-0.25, -0.2) is 0 Å². The molecule has 88 valence electrons. The van der Waals surface area contributed by atoms with Crippen LogP contribution in [0.4, 0.5) is 0 Å². The fraction of sp³-hybridized carbons (Fsp3) is 1.00. The van der Waals surface area contributed by atoms with Crippen LogP contribution < -0.4 is 5.32 Å². The molecule has 0 aromatic carbocycles. The van der Waals surface area contributed by atoms with Crippen molar-refractivity contribution in [3.63, 3.8) is 0 Å². The Bertz CT molecular complexity index is 189. The summed E-state index contributed by atoms with van der Waals surface area (Å²) in [6.07, 6.45) is 7.20. The van der Waals surface area contributed by atoms with Crippen molar-refractivity contribution in [2.75, 3.05) is 19.6 Å². The van der Waals surface area contributed by atoms with Gasteiger partial charge < -0.3 is 10.2 Å². The summed E-state index contributed by atoms with van der Waals surface area (Å²) in [4.78, 5) is 2.75. The van der Waals surface area contributed by atoms with Gasteiger partial charge in [0.15, 0.2) is 0 Å². The summed E-state index contributed by atoms with van der Waals surface area (Å²) in [7, 11) is 0. The number of nitrogens with zero attached hydrogens (tertiary/aromatic N) is 1. The second kappa shape index (κ2) is 5.31. The van der Waals surface area contributed by atoms with E-state index in [0.717, 1.165) is 12.0 Å². The summed E-state index contributed by atoms with van der Waals surface area (Å²) in [5, 5.41) is 3.62. The van der Waals surface area contributed by atoms with Crippen molar-refractivity contribution in [2.24, 2.45) is 5.92 Å². The lowest BCUT2D eigenvalue weighted by atomic mass is 9.83. The van der Waals surface area contributed by atoms with Crippen molar-refractivity contribution >= 4 is 0 Å². The summed E-state index contributed by atoms with van der Waals surface area (Å²) in [6, 6.07) is 1.54. The maximum atomic E-state index is 3.62. The number of piperidine rings is 2. The Morgan fingerprint density at radius 2 is 1.93 bits per heavy atom. The highest BCUT2D eigenvalue weighted by Gasteiger charge is 2.32. The fourth-order valence-electron chi connectivity index (χ4n) is 3.20. The Hall–Kier alpha value is -0.0800. The highest BCUT2D eigenvalue weighted by Crippen LogP contribution is 2.30. The SMILES string of the molecule is CC(C)NC[C@H]1CCCN2CCCC[C@@H]12. The van der Waals surface area contributed by atoms with Crippen LogP contribution in [0.3, 0.4) is 0 Å². The topological polar surface area (TPSA) is 15.3 Å². The van der Waals surface area contributed by atoms with Crippen molar-refractivity contribution < 1.29 is 0 Å². The average Bonchev–Trinajstić information content (AvgIpc) is 2.26. The van der Waals surface area contributed by atoms with Gasteiger partial charge >= 0.3 is 0 Å². The third-order valence-electron chi connectivity index (χ3n) is 4.02. The molecule has 0 amide bonds. The predicted octanol–water partition coefficient (Wildman–Crippen LogP) is 2.25. The minimum atomic E-state index is 0.643. The van der Waals surface area contributed by atoms with Gasteiger partial charge in [0.05, 0.1) is 0 Å². The molecule has 0 saturated carbocycles. The van der Waals surface area contributed by atoms with E-state index in [1.807, 2.05) is 0 Å². The molecule has 0 aromatic heterocycles. The summed E-state index contributed by atoms with van der Waals surface area (Å²) >= 11 is 0. The van der Waals surface area contributed by atoms with Crippen molar-refractivity contribution in [2.45, 2.75) is 58.0 Å². The molecule has 2 fully saturated rings. The molecule has 0 bridgehead atoms. The standard InChI is InChI=1S/C13H26N2/c1-11(2)14-10-12-6-5-9-15-8-4-3-7-13(12)15/h11-14H,3-10H2,1-2H3/t12-,13+/m1/s1. The highest BCUT2D eigenvalue weighted by atomic mass is 15.2. The van der Waals surface area contributed by atoms with Crippen LogP contribution in [-0.2, 0) is 0 Å². The molecule has 2 aliphatic rings. The Labute approximate surface area is 94.4 Å². The second-order valence-corrected chi connectivity index (χ2v) is 5.56. The molecule has 2 heterocycles. The first-order chi connectivity index (χ1) is 7.27. The Balaban J connectivity index is 1.86. The van der Waals surface area contributed by atoms with E-state index < -0.39 is 0 Å². The second-order valence-electron chi connectivity index (χ2n) is 5.56. The molecule has 2 saturated heterocycles. The lowest BCUT2D eigenvalue weighted by Gasteiger charge is -2.44. The zero-order valence-electron chi connectivity index (χ0n) is 10.3. The first kappa shape index (κ1) is 11.4. The molecule has 2 heteroatoms. The minimum Gasteiger partial charge on any atom is -0.314 e. The summed E-state index contributed by atoms with van der Waals surface area (Å²) < 4.78 is 0. The van der Waals surface area contributed by atoms with Crippen LogP contribution in [0, 0.1) is 5.92 Å². The monoisotopic (exact) mass is 210 g/mol. The van der Waals surface area contributed by atoms with E-state index in [2.05, 4.69) is 24.1 Å². The molecule has 0 aromatic rings. The van der Waals surface area contributed by atoms with E-state index in [1.165, 1.54) is 51.7 Å². The number of hydrogen-bond acceptors (Lipinski definition) is 2. The van der Waals surface area contributed by atoms with Crippen molar-refractivity contribution in [3.05, 3.63) is 0 Å². The third-order valence-corrected chi connectivity index (χ3v) is 4.02. The molecular weight excluding hydrogens is 184 g/mol. The first-order valence-electron chi connectivity index (χ1n) is 6.75. The molecule has 1 N–H and O–H groups in total. The Kier molecular flexibility index (Phi) is 4.04. The predicted molar refractivity (Wildman–Crippen MR) is 65.1 cm³/mol. The van der Waals surface area contributed by atoms with Crippen LogP contribution >= 0.6 is 0 Å². The number of nitrogens with one attached hydrogen (secondary N) is 1. The maximum absolute atomic E-state index is 3.62. The van der Waals surface area contributed by atoms with Gasteiger partial charge in [0.25, 0.3) is 0 Å². The number of hydrogen-bond donors (Lipinski definition) is 1. The van der Waals surface area contributed by atoms with E-state index in [4.69, 9.17) is 0 Å². The maximum Gasteiger partial charge on any atom is 0.0136 e. The zero-order valence-corrected chi connectivity index (χ0v) is 10.3. The van der Waals surface area contributed by atoms with Crippen molar-refractivity contribution in [1.82, 2.24) is 10.2 Å². The Morgan fingerprint density at radius 3 is 2.73 bits per heavy atom. The molecular formula is C13H26N2. The zero-order chi connectivity index (χ0) is 10.7. The first-order valence-corrected chi connectivity index (χ1v) is 6.75. The van der Waals surface area contributed by atoms with E-state index in [9.17, 15) is 0 Å². The van der Waals surface area contributed by atoms with Gasteiger partial charge in [-0.1, -0.05) is 20.3 Å². The largest absolute Gasteiger partial charge is 0.314 e. The fourth-order valence-corrected chi connectivity index (χ4v) is 3.20. The molecule has 2 rings (SSSR count). The summed E-state index contributed by atoms with van der Waals surface area (Å²) in [5.41, 5.74) is 0. The van der Waals surface area contributed by atoms with Crippen LogP contribution in [0.25, 0.3) is 0 Å². The van der Waals surface area contributed by atoms with Gasteiger partial charge in [0, 0.05) is 12.1 Å². The average molecular weight is 210 g/mol. The lowest BCUT2D eigenvalue weighted by molar-refractivity contribution is 0.0587. The normalized spacial score (nSPS) is 33.0. The molecule has 2 atom stereocenters. The van der Waals surface area contributed by atoms with Gasteiger partial charge in [-0.2, -0.15) is 0 Å². The number of fused-ring (bicyclic) bond motifs is 1. The van der Waals surface area contributed by atoms with Crippen LogP contribution in [-0.4, -0.2) is 36.6 Å². The van der Waals surface area contributed by atoms with Gasteiger partial charge in [-0.05, 0) is 51.2 Å². The van der Waals surface area contributed by atoms with Crippen LogP contribution in [0.5, 0.6) is 0 Å². The van der Waals surface area contributed by atoms with E-state index in [1.54, 1.807) is 0 Å². The van der Waals surface area contributed by atoms with Crippen molar-refractivity contribution in [1.29, 1.82) is 0 Å². The molecule has 2 nitrogen and oxygen atoms in total. The van der Waals surface area contributed by atoms with E-state index in [-0.39, 0.29) is 0 Å². The van der Waals surface area contributed by atoms with Crippen molar-refractivity contribution in [3.8, 4) is 0 Å². The van der Waals surface area contributed by atoms with Crippen LogP contribution in [0.1, 0.15) is 46.0 Å². The number of rotatable bonds is 3. The molecule has 15 heavy (non-hydrogen) atoms. The van der Waals surface area contributed by atoms with E-state index in [0.29, 0.717) is 6.04 Å².